The van der Waals surface area contributed by atoms with Gasteiger partial charge in [0, 0.05) is 18.8 Å². The number of carbonyl (C=O) groups is 2. The van der Waals surface area contributed by atoms with Crippen LogP contribution in [0.4, 0.5) is 4.39 Å². The van der Waals surface area contributed by atoms with Crippen LogP contribution in [0.15, 0.2) is 24.3 Å². The summed E-state index contributed by atoms with van der Waals surface area (Å²) in [5, 5.41) is 18.6. The minimum Gasteiger partial charge on any atom is -0.481 e. The zero-order chi connectivity index (χ0) is 20.4. The summed E-state index contributed by atoms with van der Waals surface area (Å²) in [6.45, 7) is 6.15. The van der Waals surface area contributed by atoms with Gasteiger partial charge in [0.1, 0.15) is 18.1 Å². The molecule has 5 heteroatoms. The van der Waals surface area contributed by atoms with Crippen LogP contribution >= 0.6 is 0 Å². The number of aliphatic carboxylic acids is 1. The molecule has 1 aliphatic rings. The van der Waals surface area contributed by atoms with Gasteiger partial charge in [0.05, 0.1) is 0 Å². The molecule has 0 amide bonds. The Kier molecular flexibility index (Phi) is 9.92. The van der Waals surface area contributed by atoms with E-state index in [0.717, 1.165) is 12.8 Å². The van der Waals surface area contributed by atoms with Gasteiger partial charge in [0.15, 0.2) is 0 Å². The molecule has 4 nitrogen and oxygen atoms in total. The summed E-state index contributed by atoms with van der Waals surface area (Å²) in [5.74, 6) is -0.634. The molecular formula is C22H35FO4. The molecule has 154 valence electrons. The van der Waals surface area contributed by atoms with Crippen molar-refractivity contribution in [3.63, 3.8) is 0 Å². The quantitative estimate of drug-likeness (QED) is 0.500. The molecule has 1 fully saturated rings. The van der Waals surface area contributed by atoms with Gasteiger partial charge in [-0.05, 0) is 49.9 Å². The van der Waals surface area contributed by atoms with Crippen molar-refractivity contribution in [1.82, 2.24) is 0 Å². The first-order valence-electron chi connectivity index (χ1n) is 10.00. The average Bonchev–Trinajstić information content (AvgIpc) is 2.92. The third kappa shape index (κ3) is 9.85. The normalized spacial score (nSPS) is 23.4. The molecule has 2 N–H and O–H groups in total. The zero-order valence-electron chi connectivity index (χ0n) is 16.9. The summed E-state index contributed by atoms with van der Waals surface area (Å²) in [5.41, 5.74) is 0.0364. The molecule has 0 aromatic heterocycles. The van der Waals surface area contributed by atoms with Gasteiger partial charge in [0.25, 0.3) is 0 Å². The monoisotopic (exact) mass is 382 g/mol. The number of allylic oxidation sites excluding steroid dienone is 3. The number of Topliss-reactive ketones (excluding diaryl/α,β-unsaturated/α-hetero) is 1. The number of hydrogen-bond donors (Lipinski definition) is 2. The maximum absolute atomic E-state index is 14.1. The summed E-state index contributed by atoms with van der Waals surface area (Å²) < 4.78 is 14.1. The smallest absolute Gasteiger partial charge is 0.303 e. The minimum atomic E-state index is -1.28. The van der Waals surface area contributed by atoms with Gasteiger partial charge in [-0.25, -0.2) is 4.39 Å². The number of aliphatic hydroxyl groups excluding tert-OH is 1. The van der Waals surface area contributed by atoms with Crippen LogP contribution in [0.3, 0.4) is 0 Å². The van der Waals surface area contributed by atoms with Crippen molar-refractivity contribution in [2.45, 2.75) is 84.4 Å². The third-order valence-electron chi connectivity index (χ3n) is 5.09. The number of carboxylic acids is 1. The molecule has 4 atom stereocenters. The summed E-state index contributed by atoms with van der Waals surface area (Å²) in [4.78, 5) is 22.6. The fourth-order valence-corrected chi connectivity index (χ4v) is 3.38. The van der Waals surface area contributed by atoms with Gasteiger partial charge in [-0.15, -0.1) is 0 Å². The van der Waals surface area contributed by atoms with Gasteiger partial charge in [0.2, 0.25) is 0 Å². The van der Waals surface area contributed by atoms with E-state index in [-0.39, 0.29) is 29.5 Å². The number of halogens is 1. The van der Waals surface area contributed by atoms with Crippen molar-refractivity contribution in [3.8, 4) is 0 Å². The van der Waals surface area contributed by atoms with E-state index in [1.54, 1.807) is 0 Å². The number of alkyl halides is 1. The van der Waals surface area contributed by atoms with Crippen LogP contribution in [0.1, 0.15) is 72.1 Å². The van der Waals surface area contributed by atoms with Crippen LogP contribution in [-0.4, -0.2) is 34.2 Å². The molecule has 1 saturated carbocycles. The first-order chi connectivity index (χ1) is 12.6. The number of carboxylic acid groups (broad SMARTS) is 1. The molecule has 2 unspecified atom stereocenters. The highest BCUT2D eigenvalue weighted by atomic mass is 19.1. The van der Waals surface area contributed by atoms with Crippen LogP contribution < -0.4 is 0 Å². The first-order valence-corrected chi connectivity index (χ1v) is 10.00. The zero-order valence-corrected chi connectivity index (χ0v) is 16.9. The highest BCUT2D eigenvalue weighted by molar-refractivity contribution is 5.83. The van der Waals surface area contributed by atoms with E-state index < -0.39 is 18.2 Å². The van der Waals surface area contributed by atoms with Gasteiger partial charge in [-0.3, -0.25) is 9.59 Å². The predicted octanol–water partition coefficient (Wildman–Crippen LogP) is 4.86. The summed E-state index contributed by atoms with van der Waals surface area (Å²) in [6, 6.07) is 0. The van der Waals surface area contributed by atoms with Crippen molar-refractivity contribution in [2.75, 3.05) is 0 Å². The maximum Gasteiger partial charge on any atom is 0.303 e. The van der Waals surface area contributed by atoms with Crippen molar-refractivity contribution < 1.29 is 24.2 Å². The van der Waals surface area contributed by atoms with Gasteiger partial charge in [-0.2, -0.15) is 0 Å². The van der Waals surface area contributed by atoms with E-state index in [1.807, 2.05) is 39.0 Å². The van der Waals surface area contributed by atoms with Crippen molar-refractivity contribution in [1.29, 1.82) is 0 Å². The predicted molar refractivity (Wildman–Crippen MR) is 105 cm³/mol. The van der Waals surface area contributed by atoms with Crippen LogP contribution in [0, 0.1) is 17.3 Å². The van der Waals surface area contributed by atoms with Crippen LogP contribution in [0.25, 0.3) is 0 Å². The fraction of sp³-hybridized carbons (Fsp3) is 0.727. The molecule has 0 aromatic carbocycles. The fourth-order valence-electron chi connectivity index (χ4n) is 3.38. The van der Waals surface area contributed by atoms with E-state index in [2.05, 4.69) is 0 Å². The van der Waals surface area contributed by atoms with Gasteiger partial charge >= 0.3 is 5.97 Å². The van der Waals surface area contributed by atoms with Gasteiger partial charge in [-0.1, -0.05) is 45.1 Å². The molecule has 0 bridgehead atoms. The molecule has 0 aliphatic heterocycles. The van der Waals surface area contributed by atoms with Crippen LogP contribution in [0.2, 0.25) is 0 Å². The lowest BCUT2D eigenvalue weighted by molar-refractivity contribution is -0.136. The SMILES string of the molecule is CC(C)(C)CCC(F)C(O)C=C[C@H]1CCC(=O)[C@@H]1CC/C=C/CCC(=O)O. The summed E-state index contributed by atoms with van der Waals surface area (Å²) >= 11 is 0. The van der Waals surface area contributed by atoms with E-state index in [0.29, 0.717) is 32.1 Å². The number of rotatable bonds is 11. The number of carbonyl (C=O) groups excluding carboxylic acids is 1. The second-order valence-electron chi connectivity index (χ2n) is 8.75. The average molecular weight is 383 g/mol. The largest absolute Gasteiger partial charge is 0.481 e. The molecule has 0 aromatic rings. The Balaban J connectivity index is 2.46. The number of aliphatic hydroxyl groups is 1. The van der Waals surface area contributed by atoms with Crippen LogP contribution in [0.5, 0.6) is 0 Å². The van der Waals surface area contributed by atoms with E-state index in [1.165, 1.54) is 6.08 Å². The first kappa shape index (κ1) is 23.5. The highest BCUT2D eigenvalue weighted by Gasteiger charge is 2.32. The van der Waals surface area contributed by atoms with E-state index in [4.69, 9.17) is 5.11 Å². The number of hydrogen-bond acceptors (Lipinski definition) is 3. The Morgan fingerprint density at radius 3 is 2.59 bits per heavy atom. The minimum absolute atomic E-state index is 0.0364. The maximum atomic E-state index is 14.1. The van der Waals surface area contributed by atoms with Crippen molar-refractivity contribution >= 4 is 11.8 Å². The van der Waals surface area contributed by atoms with E-state index >= 15 is 0 Å². The standard InChI is InChI=1S/C22H35FO4/c1-22(2,3)15-14-18(23)20(25)13-11-16-10-12-19(24)17(16)8-6-4-5-7-9-21(26)27/h4-5,11,13,16-18,20,25H,6-10,12,14-15H2,1-3H3,(H,26,27)/b5-4+,13-11?/t16-,17-,18?,20?/m1/s1. The molecule has 1 rings (SSSR count). The Morgan fingerprint density at radius 2 is 1.96 bits per heavy atom. The molecule has 1 aliphatic carbocycles. The van der Waals surface area contributed by atoms with Crippen LogP contribution in [-0.2, 0) is 9.59 Å². The lowest BCUT2D eigenvalue weighted by Crippen LogP contribution is -2.22. The molecule has 0 heterocycles. The Bertz CT molecular complexity index is 533. The lowest BCUT2D eigenvalue weighted by Gasteiger charge is -2.21. The third-order valence-corrected chi connectivity index (χ3v) is 5.09. The number of ketones is 1. The summed E-state index contributed by atoms with van der Waals surface area (Å²) in [6.07, 6.45) is 9.03. The van der Waals surface area contributed by atoms with Crippen molar-refractivity contribution in [3.05, 3.63) is 24.3 Å². The van der Waals surface area contributed by atoms with Gasteiger partial charge < -0.3 is 10.2 Å². The summed E-state index contributed by atoms with van der Waals surface area (Å²) in [7, 11) is 0. The molecule has 27 heavy (non-hydrogen) atoms. The molecule has 0 saturated heterocycles. The Labute approximate surface area is 162 Å². The molecular weight excluding hydrogens is 347 g/mol. The Hall–Kier alpha value is -1.49. The topological polar surface area (TPSA) is 74.6 Å². The highest BCUT2D eigenvalue weighted by Crippen LogP contribution is 2.33. The second-order valence-corrected chi connectivity index (χ2v) is 8.75. The molecule has 0 radical (unpaired) electrons. The second kappa shape index (κ2) is 11.4. The molecule has 0 spiro atoms. The Morgan fingerprint density at radius 1 is 1.30 bits per heavy atom. The van der Waals surface area contributed by atoms with Crippen molar-refractivity contribution in [2.24, 2.45) is 17.3 Å². The lowest BCUT2D eigenvalue weighted by atomic mass is 9.88. The van der Waals surface area contributed by atoms with E-state index in [9.17, 15) is 19.1 Å².